The van der Waals surface area contributed by atoms with Crippen molar-refractivity contribution in [1.82, 2.24) is 5.32 Å². The summed E-state index contributed by atoms with van der Waals surface area (Å²) >= 11 is 0. The highest BCUT2D eigenvalue weighted by Gasteiger charge is 2.66. The largest absolute Gasteiger partial charge is 0.385 e. The second-order valence-electron chi connectivity index (χ2n) is 9.94. The fourth-order valence-electron chi connectivity index (χ4n) is 5.75. The van der Waals surface area contributed by atoms with Gasteiger partial charge in [0, 0.05) is 30.7 Å². The molecule has 0 radical (unpaired) electrons. The molecule has 1 amide bonds. The summed E-state index contributed by atoms with van der Waals surface area (Å²) in [6.07, 6.45) is 1.93. The third-order valence-corrected chi connectivity index (χ3v) is 7.36. The molecular weight excluding hydrogens is 382 g/mol. The van der Waals surface area contributed by atoms with Crippen molar-refractivity contribution in [3.05, 3.63) is 23.3 Å². The predicted molar refractivity (Wildman–Crippen MR) is 113 cm³/mol. The summed E-state index contributed by atoms with van der Waals surface area (Å²) in [6, 6.07) is -0.166. The molecule has 30 heavy (non-hydrogen) atoms. The fraction of sp³-hybridized carbons (Fsp3) is 0.708. The molecule has 2 aliphatic carbocycles. The van der Waals surface area contributed by atoms with Gasteiger partial charge in [0.15, 0.2) is 11.6 Å². The molecule has 166 valence electrons. The normalized spacial score (nSPS) is 40.2. The Bertz CT molecular complexity index is 797. The second-order valence-corrected chi connectivity index (χ2v) is 9.94. The van der Waals surface area contributed by atoms with Gasteiger partial charge in [0.25, 0.3) is 0 Å². The van der Waals surface area contributed by atoms with Crippen LogP contribution in [-0.4, -0.2) is 45.9 Å². The van der Waals surface area contributed by atoms with E-state index in [9.17, 15) is 24.6 Å². The van der Waals surface area contributed by atoms with E-state index in [1.807, 2.05) is 32.9 Å². The first kappa shape index (κ1) is 22.9. The Morgan fingerprint density at radius 1 is 1.10 bits per heavy atom. The Morgan fingerprint density at radius 3 is 2.40 bits per heavy atom. The van der Waals surface area contributed by atoms with Crippen molar-refractivity contribution in [2.24, 2.45) is 29.1 Å². The van der Waals surface area contributed by atoms with Crippen molar-refractivity contribution < 1.29 is 24.6 Å². The Morgan fingerprint density at radius 2 is 1.77 bits per heavy atom. The highest BCUT2D eigenvalue weighted by Crippen LogP contribution is 2.55. The number of hydrogen-bond acceptors (Lipinski definition) is 5. The summed E-state index contributed by atoms with van der Waals surface area (Å²) in [4.78, 5) is 39.5. The first-order chi connectivity index (χ1) is 14.0. The molecule has 3 N–H and O–H groups in total. The highest BCUT2D eigenvalue weighted by molar-refractivity contribution is 6.11. The predicted octanol–water partition coefficient (Wildman–Crippen LogP) is 2.34. The minimum atomic E-state index is -1.57. The van der Waals surface area contributed by atoms with E-state index in [1.165, 1.54) is 0 Å². The Labute approximate surface area is 178 Å². The number of carbonyl (C=O) groups is 3. The number of Topliss-reactive ketones (excluding diaryl/α,β-unsaturated/α-hetero) is 2. The highest BCUT2D eigenvalue weighted by atomic mass is 16.3. The van der Waals surface area contributed by atoms with Gasteiger partial charge in [-0.05, 0) is 38.5 Å². The third kappa shape index (κ3) is 3.69. The van der Waals surface area contributed by atoms with Gasteiger partial charge >= 0.3 is 0 Å². The van der Waals surface area contributed by atoms with E-state index in [4.69, 9.17) is 0 Å². The molecule has 1 fully saturated rings. The Balaban J connectivity index is 2.21. The standard InChI is InChI=1S/C24H35NO5/c1-12(2)8-17-21-15(5)14(4)10-16-9-13(3)6-7-18(26)19(27)11-20(28)22(29)24(16,21)23(30)25-17/h9-10,12,15-17,19-21,27-28H,6-8,11H2,1-5H3,(H,25,30)/t15-,16+,17+,19+,20-,21+,24+/m1/s1. The van der Waals surface area contributed by atoms with E-state index in [0.717, 1.165) is 17.6 Å². The summed E-state index contributed by atoms with van der Waals surface area (Å²) in [6.45, 7) is 10.1. The zero-order chi connectivity index (χ0) is 22.4. The van der Waals surface area contributed by atoms with Crippen molar-refractivity contribution in [3.63, 3.8) is 0 Å². The lowest BCUT2D eigenvalue weighted by molar-refractivity contribution is -0.152. The molecule has 1 heterocycles. The van der Waals surface area contributed by atoms with Crippen LogP contribution in [0.1, 0.15) is 60.3 Å². The number of aliphatic hydroxyl groups is 2. The summed E-state index contributed by atoms with van der Waals surface area (Å²) in [7, 11) is 0. The average Bonchev–Trinajstić information content (AvgIpc) is 2.94. The van der Waals surface area contributed by atoms with E-state index in [1.54, 1.807) is 0 Å². The van der Waals surface area contributed by atoms with Crippen molar-refractivity contribution in [2.45, 2.75) is 78.6 Å². The minimum Gasteiger partial charge on any atom is -0.385 e. The number of aliphatic hydroxyl groups excluding tert-OH is 2. The van der Waals surface area contributed by atoms with Gasteiger partial charge in [0.05, 0.1) is 0 Å². The molecule has 0 saturated carbocycles. The van der Waals surface area contributed by atoms with Gasteiger partial charge in [-0.2, -0.15) is 0 Å². The van der Waals surface area contributed by atoms with E-state index in [-0.39, 0.29) is 42.4 Å². The fourth-order valence-corrected chi connectivity index (χ4v) is 5.75. The van der Waals surface area contributed by atoms with Gasteiger partial charge < -0.3 is 15.5 Å². The average molecular weight is 418 g/mol. The third-order valence-electron chi connectivity index (χ3n) is 7.36. The summed E-state index contributed by atoms with van der Waals surface area (Å²) < 4.78 is 0. The smallest absolute Gasteiger partial charge is 0.235 e. The van der Waals surface area contributed by atoms with E-state index < -0.39 is 29.3 Å². The molecule has 1 aliphatic heterocycles. The van der Waals surface area contributed by atoms with Gasteiger partial charge in [-0.3, -0.25) is 14.4 Å². The number of amides is 1. The number of ketones is 2. The molecule has 0 aromatic rings. The minimum absolute atomic E-state index is 0.00881. The van der Waals surface area contributed by atoms with Crippen molar-refractivity contribution >= 4 is 17.5 Å². The van der Waals surface area contributed by atoms with Gasteiger partial charge in [0.2, 0.25) is 5.91 Å². The van der Waals surface area contributed by atoms with Gasteiger partial charge in [0.1, 0.15) is 17.6 Å². The lowest BCUT2D eigenvalue weighted by atomic mass is 9.54. The van der Waals surface area contributed by atoms with Crippen LogP contribution >= 0.6 is 0 Å². The second kappa shape index (κ2) is 8.39. The number of rotatable bonds is 2. The lowest BCUT2D eigenvalue weighted by Crippen LogP contribution is -2.56. The lowest BCUT2D eigenvalue weighted by Gasteiger charge is -2.45. The van der Waals surface area contributed by atoms with Crippen molar-refractivity contribution in [3.8, 4) is 0 Å². The zero-order valence-corrected chi connectivity index (χ0v) is 18.6. The van der Waals surface area contributed by atoms with Crippen LogP contribution in [0.15, 0.2) is 23.3 Å². The van der Waals surface area contributed by atoms with Crippen LogP contribution in [0.2, 0.25) is 0 Å². The molecule has 3 rings (SSSR count). The van der Waals surface area contributed by atoms with Crippen LogP contribution in [0.5, 0.6) is 0 Å². The molecule has 3 aliphatic rings. The Kier molecular flexibility index (Phi) is 6.40. The zero-order valence-electron chi connectivity index (χ0n) is 18.6. The SMILES string of the molecule is CC1=C[C@H]2C=C(C)[C@@H](C)[C@H]3[C@H](CC(C)C)NC(=O)[C@@]23C(=O)[C@H](O)C[C@H](O)C(=O)CC1. The van der Waals surface area contributed by atoms with Gasteiger partial charge in [-0.1, -0.05) is 44.1 Å². The van der Waals surface area contributed by atoms with Crippen LogP contribution in [0.25, 0.3) is 0 Å². The maximum Gasteiger partial charge on any atom is 0.235 e. The molecule has 0 unspecified atom stereocenters. The van der Waals surface area contributed by atoms with E-state index in [0.29, 0.717) is 12.3 Å². The van der Waals surface area contributed by atoms with Crippen LogP contribution in [0.3, 0.4) is 0 Å². The molecule has 7 atom stereocenters. The number of allylic oxidation sites excluding steroid dienone is 4. The summed E-state index contributed by atoms with van der Waals surface area (Å²) in [5.74, 6) is -1.75. The molecule has 0 aromatic carbocycles. The molecule has 0 bridgehead atoms. The molecule has 6 nitrogen and oxygen atoms in total. The monoisotopic (exact) mass is 417 g/mol. The summed E-state index contributed by atoms with van der Waals surface area (Å²) in [5, 5.41) is 24.1. The van der Waals surface area contributed by atoms with E-state index >= 15 is 0 Å². The first-order valence-electron chi connectivity index (χ1n) is 11.1. The number of carbonyl (C=O) groups excluding carboxylic acids is 3. The molecule has 6 heteroatoms. The van der Waals surface area contributed by atoms with Crippen LogP contribution in [0, 0.1) is 29.1 Å². The molecular formula is C24H35NO5. The van der Waals surface area contributed by atoms with Crippen LogP contribution < -0.4 is 5.32 Å². The maximum absolute atomic E-state index is 13.8. The van der Waals surface area contributed by atoms with Crippen LogP contribution in [-0.2, 0) is 14.4 Å². The Hall–Kier alpha value is -1.79. The molecule has 1 spiro atoms. The van der Waals surface area contributed by atoms with Gasteiger partial charge in [-0.25, -0.2) is 0 Å². The van der Waals surface area contributed by atoms with Crippen LogP contribution in [0.4, 0.5) is 0 Å². The van der Waals surface area contributed by atoms with Crippen molar-refractivity contribution in [1.29, 1.82) is 0 Å². The topological polar surface area (TPSA) is 104 Å². The van der Waals surface area contributed by atoms with Crippen molar-refractivity contribution in [2.75, 3.05) is 0 Å². The number of hydrogen-bond donors (Lipinski definition) is 3. The first-order valence-corrected chi connectivity index (χ1v) is 11.1. The number of nitrogens with one attached hydrogen (secondary N) is 1. The quantitative estimate of drug-likeness (QED) is 0.473. The van der Waals surface area contributed by atoms with Gasteiger partial charge in [-0.15, -0.1) is 0 Å². The summed E-state index contributed by atoms with van der Waals surface area (Å²) in [5.41, 5.74) is 0.608. The maximum atomic E-state index is 13.8. The van der Waals surface area contributed by atoms with E-state index in [2.05, 4.69) is 19.2 Å². The molecule has 1 saturated heterocycles. The molecule has 0 aromatic heterocycles.